The van der Waals surface area contributed by atoms with Crippen molar-refractivity contribution in [3.8, 4) is 11.3 Å². The van der Waals surface area contributed by atoms with Crippen LogP contribution in [0.1, 0.15) is 6.23 Å². The molecular weight excluding hydrogens is 536 g/mol. The Labute approximate surface area is 218 Å². The molecule has 2 unspecified atom stereocenters. The second-order valence-electron chi connectivity index (χ2n) is 8.80. The largest absolute Gasteiger partial charge is 0.386 e. The quantitative estimate of drug-likeness (QED) is 0.286. The minimum absolute atomic E-state index is 0.0326. The van der Waals surface area contributed by atoms with E-state index in [4.69, 9.17) is 18.8 Å². The van der Waals surface area contributed by atoms with E-state index in [-0.39, 0.29) is 29.4 Å². The summed E-state index contributed by atoms with van der Waals surface area (Å²) in [6.45, 7) is 0.0326. The molecule has 14 heteroatoms. The molecule has 0 saturated carbocycles. The number of nitrogens with zero attached hydrogens (tertiary/aromatic N) is 4. The lowest BCUT2D eigenvalue weighted by atomic mass is 10.1. The molecule has 2 aromatic carbocycles. The topological polar surface area (TPSA) is 136 Å². The Balaban J connectivity index is 1.40. The van der Waals surface area contributed by atoms with Crippen molar-refractivity contribution >= 4 is 37.3 Å². The third-order valence-corrected chi connectivity index (χ3v) is 8.22. The van der Waals surface area contributed by atoms with Crippen LogP contribution in [0.25, 0.3) is 28.2 Å². The molecule has 38 heavy (non-hydrogen) atoms. The van der Waals surface area contributed by atoms with Crippen molar-refractivity contribution in [1.82, 2.24) is 23.9 Å². The van der Waals surface area contributed by atoms with Crippen LogP contribution in [0.4, 0.5) is 4.39 Å². The van der Waals surface area contributed by atoms with Gasteiger partial charge in [-0.2, -0.15) is 4.98 Å². The Hall–Kier alpha value is -3.16. The van der Waals surface area contributed by atoms with Gasteiger partial charge < -0.3 is 28.8 Å². The first-order valence-corrected chi connectivity index (χ1v) is 13.6. The molecule has 0 spiro atoms. The van der Waals surface area contributed by atoms with Gasteiger partial charge in [0.05, 0.1) is 12.3 Å². The summed E-state index contributed by atoms with van der Waals surface area (Å²) in [4.78, 5) is 36.5. The van der Waals surface area contributed by atoms with Crippen LogP contribution in [-0.2, 0) is 13.8 Å². The fourth-order valence-electron chi connectivity index (χ4n) is 4.65. The first kappa shape index (κ1) is 23.9. The minimum atomic E-state index is -2.14. The van der Waals surface area contributed by atoms with Crippen LogP contribution in [0.3, 0.4) is 0 Å². The molecule has 5 atom stereocenters. The van der Waals surface area contributed by atoms with E-state index in [9.17, 15) is 19.2 Å². The number of hydrogen-bond acceptors (Lipinski definition) is 9. The summed E-state index contributed by atoms with van der Waals surface area (Å²) in [5.41, 5.74) is 1.42. The number of ether oxygens (including phenoxy) is 1. The van der Waals surface area contributed by atoms with Gasteiger partial charge in [-0.3, -0.25) is 9.36 Å². The summed E-state index contributed by atoms with van der Waals surface area (Å²) >= 11 is 1.17. The maximum atomic E-state index is 13.6. The lowest BCUT2D eigenvalue weighted by Crippen LogP contribution is -2.38. The maximum Gasteiger partial charge on any atom is 0.330 e. The number of hydrogen-bond donors (Lipinski definition) is 3. The van der Waals surface area contributed by atoms with Crippen molar-refractivity contribution in [3.63, 3.8) is 0 Å². The SMILES string of the molecule is O=c1c2nc(Sc3ccc(F)cc3)n([C@@H]3OC4COP(O)O[C@H]4[C@@H]3O)c2nc2[nH]c(-c3ccccc3)cn12. The Kier molecular flexibility index (Phi) is 5.82. The second kappa shape index (κ2) is 9.24. The number of benzene rings is 2. The highest BCUT2D eigenvalue weighted by Gasteiger charge is 2.50. The van der Waals surface area contributed by atoms with Gasteiger partial charge in [-0.25, -0.2) is 13.8 Å². The molecule has 0 amide bonds. The van der Waals surface area contributed by atoms with Crippen LogP contribution in [0, 0.1) is 5.82 Å². The average molecular weight is 555 g/mol. The number of imidazole rings is 2. The normalized spacial score (nSPS) is 25.3. The highest BCUT2D eigenvalue weighted by Crippen LogP contribution is 2.47. The van der Waals surface area contributed by atoms with Crippen LogP contribution >= 0.6 is 20.4 Å². The fourth-order valence-corrected chi connectivity index (χ4v) is 6.36. The summed E-state index contributed by atoms with van der Waals surface area (Å²) in [5.74, 6) is -0.105. The predicted molar refractivity (Wildman–Crippen MR) is 135 cm³/mol. The number of nitrogens with one attached hydrogen (secondary N) is 1. The molecule has 2 fully saturated rings. The highest BCUT2D eigenvalue weighted by atomic mass is 32.2. The van der Waals surface area contributed by atoms with Crippen LogP contribution in [0.2, 0.25) is 0 Å². The number of aliphatic hydroxyl groups is 1. The number of fused-ring (bicyclic) bond motifs is 3. The van der Waals surface area contributed by atoms with Crippen LogP contribution < -0.4 is 5.56 Å². The zero-order chi connectivity index (χ0) is 26.0. The number of halogens is 1. The van der Waals surface area contributed by atoms with Crippen molar-refractivity contribution in [2.45, 2.75) is 34.6 Å². The maximum absolute atomic E-state index is 13.6. The third kappa shape index (κ3) is 3.95. The standard InChI is InChI=1S/C24H19FN5O6PS/c25-13-6-8-14(9-7-13)38-24-27-17-20(30(24)22-18(31)19-16(35-22)11-34-37(33)36-19)28-23-26-15(10-29(23)21(17)32)12-4-2-1-3-5-12/h1-10,16,18-19,22,31,33H,11H2,(H,26,28)/t16?,18-,19+,22+,37?/m0/s1. The number of aromatic nitrogens is 5. The van der Waals surface area contributed by atoms with Crippen molar-refractivity contribution in [3.05, 3.63) is 77.0 Å². The molecule has 194 valence electrons. The van der Waals surface area contributed by atoms with Crippen LogP contribution in [0.15, 0.2) is 75.6 Å². The Morgan fingerprint density at radius 2 is 1.92 bits per heavy atom. The van der Waals surface area contributed by atoms with Gasteiger partial charge in [-0.1, -0.05) is 42.1 Å². The zero-order valence-corrected chi connectivity index (χ0v) is 21.1. The Bertz CT molecular complexity index is 1710. The van der Waals surface area contributed by atoms with E-state index in [1.165, 1.54) is 28.3 Å². The molecule has 7 rings (SSSR count). The van der Waals surface area contributed by atoms with E-state index in [1.54, 1.807) is 22.9 Å². The number of aromatic amines is 1. The van der Waals surface area contributed by atoms with Gasteiger partial charge in [-0.05, 0) is 29.8 Å². The van der Waals surface area contributed by atoms with E-state index in [0.29, 0.717) is 15.7 Å². The van der Waals surface area contributed by atoms with Gasteiger partial charge >= 0.3 is 8.60 Å². The Morgan fingerprint density at radius 3 is 2.71 bits per heavy atom. The van der Waals surface area contributed by atoms with Gasteiger partial charge in [-0.15, -0.1) is 0 Å². The molecule has 5 heterocycles. The van der Waals surface area contributed by atoms with Gasteiger partial charge in [0.15, 0.2) is 22.5 Å². The van der Waals surface area contributed by atoms with E-state index < -0.39 is 38.7 Å². The molecule has 3 aromatic heterocycles. The molecule has 0 aliphatic carbocycles. The molecule has 5 aromatic rings. The van der Waals surface area contributed by atoms with E-state index >= 15 is 0 Å². The van der Waals surface area contributed by atoms with E-state index in [1.807, 2.05) is 30.3 Å². The molecule has 0 bridgehead atoms. The van der Waals surface area contributed by atoms with Gasteiger partial charge in [0, 0.05) is 11.1 Å². The first-order chi connectivity index (χ1) is 18.5. The minimum Gasteiger partial charge on any atom is -0.386 e. The monoisotopic (exact) mass is 555 g/mol. The second-order valence-corrected chi connectivity index (χ2v) is 10.8. The molecule has 0 radical (unpaired) electrons. The molecule has 2 aliphatic heterocycles. The lowest BCUT2D eigenvalue weighted by Gasteiger charge is -2.27. The fraction of sp³-hybridized carbons (Fsp3) is 0.208. The first-order valence-electron chi connectivity index (χ1n) is 11.6. The summed E-state index contributed by atoms with van der Waals surface area (Å²) < 4.78 is 33.1. The van der Waals surface area contributed by atoms with E-state index in [0.717, 1.165) is 5.56 Å². The van der Waals surface area contributed by atoms with Crippen molar-refractivity contribution in [1.29, 1.82) is 0 Å². The molecule has 2 saturated heterocycles. The van der Waals surface area contributed by atoms with Crippen LogP contribution in [-0.4, -0.2) is 58.8 Å². The van der Waals surface area contributed by atoms with Crippen LogP contribution in [0.5, 0.6) is 0 Å². The van der Waals surface area contributed by atoms with E-state index in [2.05, 4.69) is 9.97 Å². The summed E-state index contributed by atoms with van der Waals surface area (Å²) in [6, 6.07) is 15.3. The third-order valence-electron chi connectivity index (χ3n) is 6.45. The van der Waals surface area contributed by atoms with Gasteiger partial charge in [0.2, 0.25) is 5.78 Å². The number of rotatable bonds is 4. The number of H-pyrrole nitrogens is 1. The summed E-state index contributed by atoms with van der Waals surface area (Å²) in [7, 11) is -2.14. The molecular formula is C24H19FN5O6PS. The molecule has 2 aliphatic rings. The zero-order valence-electron chi connectivity index (χ0n) is 19.3. The Morgan fingerprint density at radius 1 is 1.13 bits per heavy atom. The van der Waals surface area contributed by atoms with Gasteiger partial charge in [0.1, 0.15) is 24.1 Å². The van der Waals surface area contributed by atoms with Crippen molar-refractivity contribution in [2.24, 2.45) is 0 Å². The number of aliphatic hydroxyl groups excluding tert-OH is 1. The molecule has 11 nitrogen and oxygen atoms in total. The summed E-state index contributed by atoms with van der Waals surface area (Å²) in [5, 5.41) is 11.5. The average Bonchev–Trinajstić information content (AvgIpc) is 3.60. The predicted octanol–water partition coefficient (Wildman–Crippen LogP) is 3.22. The highest BCUT2D eigenvalue weighted by molar-refractivity contribution is 7.99. The van der Waals surface area contributed by atoms with Gasteiger partial charge in [0.25, 0.3) is 5.56 Å². The molecule has 3 N–H and O–H groups in total. The van der Waals surface area contributed by atoms with Crippen molar-refractivity contribution in [2.75, 3.05) is 6.61 Å². The smallest absolute Gasteiger partial charge is 0.330 e. The summed E-state index contributed by atoms with van der Waals surface area (Å²) in [6.07, 6.45) is -2.08. The van der Waals surface area contributed by atoms with Crippen molar-refractivity contribution < 1.29 is 28.2 Å². The lowest BCUT2D eigenvalue weighted by molar-refractivity contribution is -0.0614.